The molecule has 0 spiro atoms. The third kappa shape index (κ3) is 4.29. The normalized spacial score (nSPS) is 18.1. The van der Waals surface area contributed by atoms with E-state index in [9.17, 15) is 22.8 Å². The van der Waals surface area contributed by atoms with Gasteiger partial charge in [0.25, 0.3) is 5.91 Å². The van der Waals surface area contributed by atoms with Crippen molar-refractivity contribution in [2.45, 2.75) is 44.3 Å². The number of fused-ring (bicyclic) bond motifs is 1. The first kappa shape index (κ1) is 22.1. The van der Waals surface area contributed by atoms with Crippen LogP contribution >= 0.6 is 0 Å². The van der Waals surface area contributed by atoms with E-state index in [4.69, 9.17) is 0 Å². The zero-order chi connectivity index (χ0) is 23.1. The van der Waals surface area contributed by atoms with E-state index in [1.807, 2.05) is 13.8 Å². The number of piperidine rings is 1. The Morgan fingerprint density at radius 2 is 1.81 bits per heavy atom. The molecule has 4 rings (SSSR count). The van der Waals surface area contributed by atoms with Gasteiger partial charge in [0, 0.05) is 23.1 Å². The number of carbonyl (C=O) groups is 2. The summed E-state index contributed by atoms with van der Waals surface area (Å²) in [7, 11) is 0. The molecule has 32 heavy (non-hydrogen) atoms. The van der Waals surface area contributed by atoms with Gasteiger partial charge in [0.15, 0.2) is 0 Å². The van der Waals surface area contributed by atoms with Gasteiger partial charge >= 0.3 is 6.18 Å². The molecule has 9 heteroatoms. The van der Waals surface area contributed by atoms with Gasteiger partial charge in [0.1, 0.15) is 0 Å². The first-order valence-electron chi connectivity index (χ1n) is 10.5. The van der Waals surface area contributed by atoms with E-state index in [0.29, 0.717) is 11.4 Å². The Kier molecular flexibility index (Phi) is 5.62. The zero-order valence-corrected chi connectivity index (χ0v) is 17.8. The predicted octanol–water partition coefficient (Wildman–Crippen LogP) is 4.35. The molecule has 0 aliphatic carbocycles. The summed E-state index contributed by atoms with van der Waals surface area (Å²) in [5, 5.41) is 11.9. The fourth-order valence-electron chi connectivity index (χ4n) is 4.09. The maximum Gasteiger partial charge on any atom is 0.416 e. The minimum atomic E-state index is -4.51. The van der Waals surface area contributed by atoms with E-state index in [-0.39, 0.29) is 23.2 Å². The molecular formula is C23H25F3N4O2. The summed E-state index contributed by atoms with van der Waals surface area (Å²) in [6.07, 6.45) is -3.01. The minimum absolute atomic E-state index is 0.0243. The third-order valence-electron chi connectivity index (χ3n) is 6.06. The average molecular weight is 446 g/mol. The van der Waals surface area contributed by atoms with Crippen LogP contribution in [0, 0.1) is 0 Å². The smallest absolute Gasteiger partial charge is 0.382 e. The Labute approximate surface area is 184 Å². The third-order valence-corrected chi connectivity index (χ3v) is 6.06. The van der Waals surface area contributed by atoms with Gasteiger partial charge in [0.2, 0.25) is 5.91 Å². The average Bonchev–Trinajstić information content (AvgIpc) is 2.96. The largest absolute Gasteiger partial charge is 0.416 e. The standard InChI is InChI=1S/C23H25F3N4O2/c1-22(2)17-6-4-15(12-19(17)30-21(22)32)29-20(31)16-5-3-13(23(24,25)26)11-18(16)28-14-7-9-27-10-8-14/h3-6,11-12,14,27-28H,7-10H2,1-2H3,(H,29,31)(H,30,32). The molecular weight excluding hydrogens is 421 g/mol. The first-order chi connectivity index (χ1) is 15.1. The molecule has 0 aromatic heterocycles. The lowest BCUT2D eigenvalue weighted by Gasteiger charge is -2.26. The molecule has 0 radical (unpaired) electrons. The van der Waals surface area contributed by atoms with E-state index < -0.39 is 23.1 Å². The summed E-state index contributed by atoms with van der Waals surface area (Å²) in [5.74, 6) is -0.661. The van der Waals surface area contributed by atoms with Gasteiger partial charge in [-0.1, -0.05) is 6.07 Å². The van der Waals surface area contributed by atoms with Crippen molar-refractivity contribution in [1.29, 1.82) is 0 Å². The number of halogens is 3. The molecule has 1 saturated heterocycles. The van der Waals surface area contributed by atoms with Crippen molar-refractivity contribution in [3.8, 4) is 0 Å². The van der Waals surface area contributed by atoms with E-state index in [2.05, 4.69) is 21.3 Å². The minimum Gasteiger partial charge on any atom is -0.382 e. The Balaban J connectivity index is 1.60. The van der Waals surface area contributed by atoms with E-state index in [0.717, 1.165) is 43.6 Å². The molecule has 0 saturated carbocycles. The lowest BCUT2D eigenvalue weighted by Crippen LogP contribution is -2.35. The second-order valence-corrected chi connectivity index (χ2v) is 8.72. The lowest BCUT2D eigenvalue weighted by atomic mass is 9.86. The number of hydrogen-bond donors (Lipinski definition) is 4. The highest BCUT2D eigenvalue weighted by Crippen LogP contribution is 2.39. The van der Waals surface area contributed by atoms with Crippen LogP contribution in [0.25, 0.3) is 0 Å². The van der Waals surface area contributed by atoms with E-state index in [1.165, 1.54) is 6.07 Å². The Morgan fingerprint density at radius 3 is 2.50 bits per heavy atom. The Bertz CT molecular complexity index is 1060. The fourth-order valence-corrected chi connectivity index (χ4v) is 4.09. The molecule has 6 nitrogen and oxygen atoms in total. The topological polar surface area (TPSA) is 82.3 Å². The van der Waals surface area contributed by atoms with E-state index in [1.54, 1.807) is 18.2 Å². The first-order valence-corrected chi connectivity index (χ1v) is 10.5. The van der Waals surface area contributed by atoms with Crippen LogP contribution in [0.1, 0.15) is 48.2 Å². The van der Waals surface area contributed by atoms with Crippen LogP contribution in [0.2, 0.25) is 0 Å². The molecule has 4 N–H and O–H groups in total. The van der Waals surface area contributed by atoms with Crippen LogP contribution in [0.15, 0.2) is 36.4 Å². The molecule has 2 aliphatic heterocycles. The molecule has 0 atom stereocenters. The molecule has 2 heterocycles. The number of hydrogen-bond acceptors (Lipinski definition) is 4. The predicted molar refractivity (Wildman–Crippen MR) is 117 cm³/mol. The monoisotopic (exact) mass is 446 g/mol. The van der Waals surface area contributed by atoms with Crippen molar-refractivity contribution in [1.82, 2.24) is 5.32 Å². The Morgan fingerprint density at radius 1 is 1.09 bits per heavy atom. The second kappa shape index (κ2) is 8.12. The lowest BCUT2D eigenvalue weighted by molar-refractivity contribution is -0.137. The van der Waals surface area contributed by atoms with Crippen LogP contribution in [-0.2, 0) is 16.4 Å². The number of anilines is 3. The van der Waals surface area contributed by atoms with Gasteiger partial charge in [-0.25, -0.2) is 0 Å². The molecule has 1 fully saturated rings. The van der Waals surface area contributed by atoms with Crippen molar-refractivity contribution in [2.24, 2.45) is 0 Å². The van der Waals surface area contributed by atoms with Gasteiger partial charge in [-0.2, -0.15) is 13.2 Å². The second-order valence-electron chi connectivity index (χ2n) is 8.72. The molecule has 2 amide bonds. The van der Waals surface area contributed by atoms with Crippen LogP contribution in [0.3, 0.4) is 0 Å². The van der Waals surface area contributed by atoms with Crippen LogP contribution in [0.5, 0.6) is 0 Å². The Hall–Kier alpha value is -3.07. The number of amides is 2. The van der Waals surface area contributed by atoms with Gasteiger partial charge in [-0.15, -0.1) is 0 Å². The van der Waals surface area contributed by atoms with Crippen molar-refractivity contribution < 1.29 is 22.8 Å². The maximum absolute atomic E-state index is 13.3. The van der Waals surface area contributed by atoms with Gasteiger partial charge in [-0.05, 0) is 75.7 Å². The zero-order valence-electron chi connectivity index (χ0n) is 17.8. The summed E-state index contributed by atoms with van der Waals surface area (Å²) < 4.78 is 39.8. The molecule has 170 valence electrons. The number of nitrogens with one attached hydrogen (secondary N) is 4. The number of benzene rings is 2. The van der Waals surface area contributed by atoms with Crippen molar-refractivity contribution >= 4 is 28.9 Å². The molecule has 2 aromatic carbocycles. The van der Waals surface area contributed by atoms with Crippen molar-refractivity contribution in [2.75, 3.05) is 29.0 Å². The number of alkyl halides is 3. The summed E-state index contributed by atoms with van der Waals surface area (Å²) in [4.78, 5) is 25.1. The summed E-state index contributed by atoms with van der Waals surface area (Å²) in [5.41, 5.74) is 0.673. The summed E-state index contributed by atoms with van der Waals surface area (Å²) in [6.45, 7) is 5.14. The fraction of sp³-hybridized carbons (Fsp3) is 0.391. The molecule has 0 bridgehead atoms. The van der Waals surface area contributed by atoms with Crippen LogP contribution in [-0.4, -0.2) is 30.9 Å². The molecule has 0 unspecified atom stereocenters. The van der Waals surface area contributed by atoms with Crippen molar-refractivity contribution in [3.05, 3.63) is 53.1 Å². The highest BCUT2D eigenvalue weighted by Gasteiger charge is 2.38. The maximum atomic E-state index is 13.3. The quantitative estimate of drug-likeness (QED) is 0.563. The summed E-state index contributed by atoms with van der Waals surface area (Å²) >= 11 is 0. The summed E-state index contributed by atoms with van der Waals surface area (Å²) in [6, 6.07) is 8.18. The number of carbonyl (C=O) groups excluding carboxylic acids is 2. The van der Waals surface area contributed by atoms with Crippen LogP contribution < -0.4 is 21.3 Å². The highest BCUT2D eigenvalue weighted by molar-refractivity contribution is 6.10. The highest BCUT2D eigenvalue weighted by atomic mass is 19.4. The van der Waals surface area contributed by atoms with Gasteiger partial charge in [-0.3, -0.25) is 9.59 Å². The molecule has 2 aliphatic rings. The van der Waals surface area contributed by atoms with E-state index >= 15 is 0 Å². The molecule has 2 aromatic rings. The number of rotatable bonds is 4. The van der Waals surface area contributed by atoms with Crippen LogP contribution in [0.4, 0.5) is 30.2 Å². The SMILES string of the molecule is CC1(C)C(=O)Nc2cc(NC(=O)c3ccc(C(F)(F)F)cc3NC3CCNCC3)ccc21. The van der Waals surface area contributed by atoms with Crippen molar-refractivity contribution in [3.63, 3.8) is 0 Å². The van der Waals surface area contributed by atoms with Gasteiger partial charge < -0.3 is 21.3 Å². The van der Waals surface area contributed by atoms with Gasteiger partial charge in [0.05, 0.1) is 16.5 Å².